The zero-order chi connectivity index (χ0) is 13.8. The van der Waals surface area contributed by atoms with Gasteiger partial charge in [0.1, 0.15) is 0 Å². The van der Waals surface area contributed by atoms with Gasteiger partial charge in [-0.1, -0.05) is 38.1 Å². The third kappa shape index (κ3) is 3.89. The molecule has 4 heteroatoms. The molecule has 1 aromatic rings. The molecule has 0 aliphatic heterocycles. The van der Waals surface area contributed by atoms with Crippen molar-refractivity contribution in [1.82, 2.24) is 5.32 Å². The molecule has 102 valence electrons. The average Bonchev–Trinajstić information content (AvgIpc) is 3.18. The second-order valence-electron chi connectivity index (χ2n) is 5.31. The molecule has 1 saturated carbocycles. The molecule has 2 rings (SSSR count). The molecule has 1 aliphatic rings. The number of nitro groups is 1. The Morgan fingerprint density at radius 1 is 1.47 bits per heavy atom. The van der Waals surface area contributed by atoms with Crippen LogP contribution >= 0.6 is 0 Å². The van der Waals surface area contributed by atoms with Gasteiger partial charge >= 0.3 is 0 Å². The highest BCUT2D eigenvalue weighted by Gasteiger charge is 2.19. The summed E-state index contributed by atoms with van der Waals surface area (Å²) in [6.07, 6.45) is 6.49. The van der Waals surface area contributed by atoms with E-state index in [1.807, 2.05) is 38.1 Å². The van der Waals surface area contributed by atoms with E-state index in [0.29, 0.717) is 6.04 Å². The van der Waals surface area contributed by atoms with Crippen molar-refractivity contribution in [2.45, 2.75) is 38.6 Å². The van der Waals surface area contributed by atoms with Gasteiger partial charge in [0.05, 0.1) is 4.92 Å². The lowest BCUT2D eigenvalue weighted by atomic mass is 9.99. The predicted molar refractivity (Wildman–Crippen MR) is 77.2 cm³/mol. The van der Waals surface area contributed by atoms with E-state index in [4.69, 9.17) is 0 Å². The van der Waals surface area contributed by atoms with E-state index in [0.717, 1.165) is 17.7 Å². The lowest BCUT2D eigenvalue weighted by molar-refractivity contribution is -0.385. The summed E-state index contributed by atoms with van der Waals surface area (Å²) in [7, 11) is 0. The Kier molecular flexibility index (Phi) is 4.32. The van der Waals surface area contributed by atoms with Gasteiger partial charge in [0.2, 0.25) is 0 Å². The molecule has 0 amide bonds. The first-order chi connectivity index (χ1) is 9.08. The van der Waals surface area contributed by atoms with Crippen LogP contribution in [0.5, 0.6) is 0 Å². The Morgan fingerprint density at radius 2 is 2.21 bits per heavy atom. The zero-order valence-corrected chi connectivity index (χ0v) is 11.4. The minimum atomic E-state index is -0.297. The monoisotopic (exact) mass is 260 g/mol. The van der Waals surface area contributed by atoms with E-state index in [-0.39, 0.29) is 16.5 Å². The van der Waals surface area contributed by atoms with Crippen LogP contribution in [0.25, 0.3) is 6.08 Å². The summed E-state index contributed by atoms with van der Waals surface area (Å²) in [6.45, 7) is 4.76. The van der Waals surface area contributed by atoms with E-state index in [2.05, 4.69) is 5.32 Å². The molecule has 1 fully saturated rings. The molecule has 0 unspecified atom stereocenters. The molecule has 1 aliphatic carbocycles. The molecular formula is C15H20N2O2. The number of benzene rings is 1. The van der Waals surface area contributed by atoms with Gasteiger partial charge in [-0.2, -0.15) is 0 Å². The molecule has 1 N–H and O–H groups in total. The van der Waals surface area contributed by atoms with Crippen LogP contribution in [-0.4, -0.2) is 17.5 Å². The van der Waals surface area contributed by atoms with Gasteiger partial charge in [0.15, 0.2) is 0 Å². The molecule has 4 nitrogen and oxygen atoms in total. The first-order valence-electron chi connectivity index (χ1n) is 6.76. The van der Waals surface area contributed by atoms with Crippen molar-refractivity contribution in [3.63, 3.8) is 0 Å². The minimum absolute atomic E-state index is 0.162. The van der Waals surface area contributed by atoms with Crippen LogP contribution in [0.3, 0.4) is 0 Å². The van der Waals surface area contributed by atoms with Crippen molar-refractivity contribution >= 4 is 11.8 Å². The smallest absolute Gasteiger partial charge is 0.273 e. The van der Waals surface area contributed by atoms with Crippen LogP contribution in [-0.2, 0) is 0 Å². The highest BCUT2D eigenvalue weighted by molar-refractivity contribution is 5.57. The van der Waals surface area contributed by atoms with Crippen molar-refractivity contribution in [3.8, 4) is 0 Å². The molecule has 19 heavy (non-hydrogen) atoms. The summed E-state index contributed by atoms with van der Waals surface area (Å²) >= 11 is 0. The number of rotatable bonds is 6. The summed E-state index contributed by atoms with van der Waals surface area (Å²) in [5, 5.41) is 14.4. The maximum absolute atomic E-state index is 11.1. The van der Waals surface area contributed by atoms with Crippen LogP contribution in [0, 0.1) is 10.1 Å². The summed E-state index contributed by atoms with van der Waals surface area (Å²) in [4.78, 5) is 10.8. The van der Waals surface area contributed by atoms with Crippen LogP contribution < -0.4 is 5.32 Å². The number of hydrogen-bond donors (Lipinski definition) is 1. The van der Waals surface area contributed by atoms with Gasteiger partial charge in [0, 0.05) is 24.2 Å². The van der Waals surface area contributed by atoms with Gasteiger partial charge in [-0.3, -0.25) is 10.1 Å². The number of hydrogen-bond acceptors (Lipinski definition) is 3. The van der Waals surface area contributed by atoms with Crippen molar-refractivity contribution in [3.05, 3.63) is 45.5 Å². The van der Waals surface area contributed by atoms with Crippen LogP contribution in [0.2, 0.25) is 0 Å². The molecule has 0 spiro atoms. The topological polar surface area (TPSA) is 55.2 Å². The maximum atomic E-state index is 11.1. The van der Waals surface area contributed by atoms with E-state index in [9.17, 15) is 10.1 Å². The van der Waals surface area contributed by atoms with Gasteiger partial charge in [0.25, 0.3) is 5.69 Å². The Balaban J connectivity index is 2.08. The van der Waals surface area contributed by atoms with E-state index >= 15 is 0 Å². The standard InChI is InChI=1S/C15H20N2O2/c1-11(2)14-8-5-12(10-15(14)17(18)19)4-3-9-16-13-6-7-13/h3-5,8,10-11,13,16H,6-7,9H2,1-2H3. The summed E-state index contributed by atoms with van der Waals surface area (Å²) in [5.41, 5.74) is 1.89. The predicted octanol–water partition coefficient (Wildman–Crippen LogP) is 3.48. The van der Waals surface area contributed by atoms with Gasteiger partial charge in [-0.25, -0.2) is 0 Å². The Hall–Kier alpha value is -1.68. The Labute approximate surface area is 113 Å². The highest BCUT2D eigenvalue weighted by Crippen LogP contribution is 2.27. The van der Waals surface area contributed by atoms with Crippen LogP contribution in [0.15, 0.2) is 24.3 Å². The molecule has 0 atom stereocenters. The fourth-order valence-electron chi connectivity index (χ4n) is 2.03. The molecular weight excluding hydrogens is 240 g/mol. The lowest BCUT2D eigenvalue weighted by Crippen LogP contribution is -2.15. The normalized spacial score (nSPS) is 15.3. The highest BCUT2D eigenvalue weighted by atomic mass is 16.6. The van der Waals surface area contributed by atoms with Crippen molar-refractivity contribution in [1.29, 1.82) is 0 Å². The number of nitrogens with one attached hydrogen (secondary N) is 1. The van der Waals surface area contributed by atoms with E-state index < -0.39 is 0 Å². The molecule has 0 aromatic heterocycles. The van der Waals surface area contributed by atoms with Crippen molar-refractivity contribution in [2.75, 3.05) is 6.54 Å². The third-order valence-electron chi connectivity index (χ3n) is 3.29. The molecule has 0 saturated heterocycles. The van der Waals surface area contributed by atoms with Gasteiger partial charge in [-0.05, 0) is 24.3 Å². The fourth-order valence-corrected chi connectivity index (χ4v) is 2.03. The summed E-state index contributed by atoms with van der Waals surface area (Å²) < 4.78 is 0. The second kappa shape index (κ2) is 5.97. The SMILES string of the molecule is CC(C)c1ccc(C=CCNC2CC2)cc1[N+](=O)[O-]. The summed E-state index contributed by atoms with van der Waals surface area (Å²) in [6, 6.07) is 6.14. The van der Waals surface area contributed by atoms with Gasteiger partial charge in [-0.15, -0.1) is 0 Å². The Bertz CT molecular complexity index is 491. The molecule has 1 aromatic carbocycles. The average molecular weight is 260 g/mol. The maximum Gasteiger partial charge on any atom is 0.273 e. The van der Waals surface area contributed by atoms with Crippen LogP contribution in [0.4, 0.5) is 5.69 Å². The van der Waals surface area contributed by atoms with Gasteiger partial charge < -0.3 is 5.32 Å². The van der Waals surface area contributed by atoms with E-state index in [1.165, 1.54) is 12.8 Å². The van der Waals surface area contributed by atoms with Crippen molar-refractivity contribution < 1.29 is 4.92 Å². The molecule has 0 radical (unpaired) electrons. The quantitative estimate of drug-likeness (QED) is 0.629. The lowest BCUT2D eigenvalue weighted by Gasteiger charge is -2.07. The first-order valence-corrected chi connectivity index (χ1v) is 6.76. The largest absolute Gasteiger partial charge is 0.311 e. The van der Waals surface area contributed by atoms with E-state index in [1.54, 1.807) is 6.07 Å². The van der Waals surface area contributed by atoms with Crippen molar-refractivity contribution in [2.24, 2.45) is 0 Å². The fraction of sp³-hybridized carbons (Fsp3) is 0.467. The minimum Gasteiger partial charge on any atom is -0.311 e. The molecule has 0 bridgehead atoms. The number of nitro benzene ring substituents is 1. The zero-order valence-electron chi connectivity index (χ0n) is 11.4. The second-order valence-corrected chi connectivity index (χ2v) is 5.31. The molecule has 0 heterocycles. The first kappa shape index (κ1) is 13.7. The Morgan fingerprint density at radius 3 is 2.79 bits per heavy atom. The summed E-state index contributed by atoms with van der Waals surface area (Å²) in [5.74, 6) is 0.162. The van der Waals surface area contributed by atoms with Crippen LogP contribution in [0.1, 0.15) is 43.7 Å². The number of nitrogens with zero attached hydrogens (tertiary/aromatic N) is 1. The third-order valence-corrected chi connectivity index (χ3v) is 3.29.